The number of hydrogen-bond donors (Lipinski definition) is 1. The summed E-state index contributed by atoms with van der Waals surface area (Å²) in [4.78, 5) is 27.9. The van der Waals surface area contributed by atoms with E-state index in [9.17, 15) is 9.59 Å². The van der Waals surface area contributed by atoms with Crippen LogP contribution in [0, 0.1) is 0 Å². The second-order valence-electron chi connectivity index (χ2n) is 10.1. The van der Waals surface area contributed by atoms with Crippen LogP contribution < -0.4 is 15.5 Å². The van der Waals surface area contributed by atoms with Crippen LogP contribution in [-0.4, -0.2) is 35.5 Å². The topological polar surface area (TPSA) is 71.8 Å². The van der Waals surface area contributed by atoms with E-state index in [0.29, 0.717) is 22.5 Å². The number of carbonyl (C=O) groups excluding carboxylic acids is 1. The number of para-hydroxylation sites is 1. The number of amides is 1. The van der Waals surface area contributed by atoms with Crippen LogP contribution in [-0.2, 0) is 11.3 Å². The second-order valence-corrected chi connectivity index (χ2v) is 10.1. The molecule has 1 N–H and O–H groups in total. The smallest absolute Gasteiger partial charge is 0.263 e. The molecule has 1 aromatic heterocycles. The van der Waals surface area contributed by atoms with Crippen molar-refractivity contribution in [3.05, 3.63) is 101 Å². The number of rotatable bonds is 7. The Labute approximate surface area is 216 Å². The van der Waals surface area contributed by atoms with Gasteiger partial charge in [0, 0.05) is 37.3 Å². The van der Waals surface area contributed by atoms with E-state index < -0.39 is 5.60 Å². The van der Waals surface area contributed by atoms with E-state index in [-0.39, 0.29) is 17.4 Å². The fourth-order valence-electron chi connectivity index (χ4n) is 4.71. The molecule has 0 unspecified atom stereocenters. The summed E-state index contributed by atoms with van der Waals surface area (Å²) in [6.07, 6.45) is 1.83. The number of fused-ring (bicyclic) bond motifs is 1. The van der Waals surface area contributed by atoms with Crippen LogP contribution in [0.15, 0.2) is 94.1 Å². The first-order valence-corrected chi connectivity index (χ1v) is 12.8. The molecule has 0 saturated carbocycles. The molecule has 1 aliphatic heterocycles. The van der Waals surface area contributed by atoms with Gasteiger partial charge >= 0.3 is 0 Å². The Morgan fingerprint density at radius 1 is 0.973 bits per heavy atom. The van der Waals surface area contributed by atoms with Crippen molar-refractivity contribution in [1.82, 2.24) is 10.2 Å². The third kappa shape index (κ3) is 5.92. The van der Waals surface area contributed by atoms with E-state index in [1.54, 1.807) is 38.1 Å². The number of nitrogens with zero attached hydrogens (tertiary/aromatic N) is 1. The fourth-order valence-corrected chi connectivity index (χ4v) is 4.71. The van der Waals surface area contributed by atoms with Crippen LogP contribution in [0.3, 0.4) is 0 Å². The molecule has 3 aromatic carbocycles. The molecule has 1 fully saturated rings. The number of ether oxygens (including phenoxy) is 1. The molecular formula is C31H32N2O4. The standard InChI is InChI=1S/C31H32N2O4/c1-31(2,30(35)32-24-16-18-33(19-17-24)21-22-8-4-3-5-9-22)37-25-14-12-23(13-15-25)29-20-27(34)26-10-6-7-11-28(26)36-29/h3-15,20,24H,16-19,21H2,1-2H3,(H,32,35). The van der Waals surface area contributed by atoms with Gasteiger partial charge in [0.2, 0.25) is 0 Å². The highest BCUT2D eigenvalue weighted by atomic mass is 16.5. The Kier molecular flexibility index (Phi) is 7.10. The number of likely N-dealkylation sites (tertiary alicyclic amines) is 1. The van der Waals surface area contributed by atoms with Crippen LogP contribution in [0.1, 0.15) is 32.3 Å². The Balaban J connectivity index is 1.17. The minimum Gasteiger partial charge on any atom is -0.478 e. The summed E-state index contributed by atoms with van der Waals surface area (Å²) in [5, 5.41) is 3.74. The molecule has 190 valence electrons. The van der Waals surface area contributed by atoms with Gasteiger partial charge in [-0.3, -0.25) is 14.5 Å². The predicted octanol–water partition coefficient (Wildman–Crippen LogP) is 5.40. The van der Waals surface area contributed by atoms with Crippen LogP contribution in [0.25, 0.3) is 22.3 Å². The average molecular weight is 497 g/mol. The van der Waals surface area contributed by atoms with Gasteiger partial charge < -0.3 is 14.5 Å². The summed E-state index contributed by atoms with van der Waals surface area (Å²) in [5.41, 5.74) is 1.51. The zero-order valence-electron chi connectivity index (χ0n) is 21.3. The van der Waals surface area contributed by atoms with E-state index >= 15 is 0 Å². The molecule has 6 heteroatoms. The lowest BCUT2D eigenvalue weighted by Crippen LogP contribution is -2.52. The maximum absolute atomic E-state index is 13.1. The lowest BCUT2D eigenvalue weighted by Gasteiger charge is -2.34. The number of hydrogen-bond acceptors (Lipinski definition) is 5. The van der Waals surface area contributed by atoms with E-state index in [4.69, 9.17) is 9.15 Å². The SMILES string of the molecule is CC(C)(Oc1ccc(-c2cc(=O)c3ccccc3o2)cc1)C(=O)NC1CCN(Cc2ccccc2)CC1. The molecule has 2 heterocycles. The molecule has 1 amide bonds. The summed E-state index contributed by atoms with van der Waals surface area (Å²) in [6, 6.07) is 26.6. The summed E-state index contributed by atoms with van der Waals surface area (Å²) in [5.74, 6) is 0.939. The molecule has 0 spiro atoms. The Morgan fingerprint density at radius 3 is 2.38 bits per heavy atom. The van der Waals surface area contributed by atoms with Crippen molar-refractivity contribution in [1.29, 1.82) is 0 Å². The largest absolute Gasteiger partial charge is 0.478 e. The van der Waals surface area contributed by atoms with Crippen molar-refractivity contribution >= 4 is 16.9 Å². The van der Waals surface area contributed by atoms with Crippen LogP contribution >= 0.6 is 0 Å². The highest BCUT2D eigenvalue weighted by Crippen LogP contribution is 2.26. The first kappa shape index (κ1) is 24.8. The zero-order chi connectivity index (χ0) is 25.8. The highest BCUT2D eigenvalue weighted by Gasteiger charge is 2.32. The van der Waals surface area contributed by atoms with Gasteiger partial charge in [-0.05, 0) is 68.7 Å². The third-order valence-electron chi connectivity index (χ3n) is 6.87. The van der Waals surface area contributed by atoms with Crippen molar-refractivity contribution in [2.45, 2.75) is 44.9 Å². The van der Waals surface area contributed by atoms with Gasteiger partial charge in [-0.15, -0.1) is 0 Å². The maximum atomic E-state index is 13.1. The van der Waals surface area contributed by atoms with Crippen molar-refractivity contribution in [2.24, 2.45) is 0 Å². The highest BCUT2D eigenvalue weighted by molar-refractivity contribution is 5.85. The minimum atomic E-state index is -1.03. The fraction of sp³-hybridized carbons (Fsp3) is 0.290. The van der Waals surface area contributed by atoms with Crippen LogP contribution in [0.4, 0.5) is 0 Å². The minimum absolute atomic E-state index is 0.0825. The van der Waals surface area contributed by atoms with Gasteiger partial charge in [0.15, 0.2) is 11.0 Å². The first-order valence-electron chi connectivity index (χ1n) is 12.8. The maximum Gasteiger partial charge on any atom is 0.263 e. The van der Waals surface area contributed by atoms with E-state index in [1.807, 2.05) is 30.3 Å². The Bertz CT molecular complexity index is 1420. The van der Waals surface area contributed by atoms with Gasteiger partial charge in [-0.1, -0.05) is 42.5 Å². The Morgan fingerprint density at radius 2 is 1.65 bits per heavy atom. The summed E-state index contributed by atoms with van der Waals surface area (Å²) >= 11 is 0. The molecule has 5 rings (SSSR count). The second kappa shape index (κ2) is 10.6. The first-order chi connectivity index (χ1) is 17.9. The molecular weight excluding hydrogens is 464 g/mol. The Hall–Kier alpha value is -3.90. The van der Waals surface area contributed by atoms with Crippen LogP contribution in [0.5, 0.6) is 5.75 Å². The molecule has 37 heavy (non-hydrogen) atoms. The quantitative estimate of drug-likeness (QED) is 0.371. The van der Waals surface area contributed by atoms with Gasteiger partial charge in [-0.25, -0.2) is 0 Å². The molecule has 0 aliphatic carbocycles. The van der Waals surface area contributed by atoms with Crippen molar-refractivity contribution in [2.75, 3.05) is 13.1 Å². The molecule has 1 aliphatic rings. The normalized spacial score (nSPS) is 15.0. The zero-order valence-corrected chi connectivity index (χ0v) is 21.3. The molecule has 0 atom stereocenters. The number of carbonyl (C=O) groups is 1. The number of nitrogens with one attached hydrogen (secondary N) is 1. The third-order valence-corrected chi connectivity index (χ3v) is 6.87. The lowest BCUT2D eigenvalue weighted by molar-refractivity contribution is -0.135. The van der Waals surface area contributed by atoms with Gasteiger partial charge in [-0.2, -0.15) is 0 Å². The van der Waals surface area contributed by atoms with E-state index in [1.165, 1.54) is 11.6 Å². The summed E-state index contributed by atoms with van der Waals surface area (Å²) < 4.78 is 12.0. The van der Waals surface area contributed by atoms with Gasteiger partial charge in [0.05, 0.1) is 5.39 Å². The van der Waals surface area contributed by atoms with E-state index in [0.717, 1.165) is 38.0 Å². The van der Waals surface area contributed by atoms with Gasteiger partial charge in [0.25, 0.3) is 5.91 Å². The van der Waals surface area contributed by atoms with Crippen molar-refractivity contribution < 1.29 is 13.9 Å². The average Bonchev–Trinajstić information content (AvgIpc) is 2.90. The summed E-state index contributed by atoms with van der Waals surface area (Å²) in [6.45, 7) is 6.40. The lowest BCUT2D eigenvalue weighted by atomic mass is 10.0. The number of benzene rings is 3. The number of piperidine rings is 1. The molecule has 1 saturated heterocycles. The van der Waals surface area contributed by atoms with Crippen molar-refractivity contribution in [3.8, 4) is 17.1 Å². The van der Waals surface area contributed by atoms with Crippen LogP contribution in [0.2, 0.25) is 0 Å². The molecule has 0 bridgehead atoms. The van der Waals surface area contributed by atoms with Gasteiger partial charge in [0.1, 0.15) is 17.1 Å². The molecule has 6 nitrogen and oxygen atoms in total. The summed E-state index contributed by atoms with van der Waals surface area (Å²) in [7, 11) is 0. The predicted molar refractivity (Wildman–Crippen MR) is 146 cm³/mol. The molecule has 0 radical (unpaired) electrons. The molecule has 4 aromatic rings. The van der Waals surface area contributed by atoms with E-state index in [2.05, 4.69) is 34.5 Å². The monoisotopic (exact) mass is 496 g/mol. The van der Waals surface area contributed by atoms with Crippen molar-refractivity contribution in [3.63, 3.8) is 0 Å².